The molecular formula is C16H32N4O3. The van der Waals surface area contributed by atoms with Gasteiger partial charge in [0.15, 0.2) is 5.96 Å². The molecule has 0 unspecified atom stereocenters. The van der Waals surface area contributed by atoms with Gasteiger partial charge in [0.25, 0.3) is 0 Å². The third-order valence-corrected chi connectivity index (χ3v) is 3.50. The van der Waals surface area contributed by atoms with Crippen molar-refractivity contribution in [3.8, 4) is 0 Å². The number of amides is 1. The van der Waals surface area contributed by atoms with Crippen LogP contribution in [0.15, 0.2) is 4.99 Å². The van der Waals surface area contributed by atoms with Gasteiger partial charge in [0.2, 0.25) is 0 Å². The average Bonchev–Trinajstić information content (AvgIpc) is 2.45. The zero-order valence-corrected chi connectivity index (χ0v) is 14.8. The van der Waals surface area contributed by atoms with Crippen LogP contribution in [-0.2, 0) is 4.74 Å². The quantitative estimate of drug-likeness (QED) is 0.452. The van der Waals surface area contributed by atoms with Crippen molar-refractivity contribution in [3.05, 3.63) is 0 Å². The molecule has 0 spiro atoms. The first-order valence-electron chi connectivity index (χ1n) is 8.49. The third kappa shape index (κ3) is 8.64. The Kier molecular flexibility index (Phi) is 8.16. The summed E-state index contributed by atoms with van der Waals surface area (Å²) in [6.45, 7) is 8.82. The summed E-state index contributed by atoms with van der Waals surface area (Å²) in [5.74, 6) is 0.741. The van der Waals surface area contributed by atoms with Crippen molar-refractivity contribution in [3.63, 3.8) is 0 Å². The van der Waals surface area contributed by atoms with E-state index in [0.29, 0.717) is 12.6 Å². The Morgan fingerprint density at radius 3 is 2.22 bits per heavy atom. The Morgan fingerprint density at radius 1 is 1.17 bits per heavy atom. The van der Waals surface area contributed by atoms with Gasteiger partial charge in [0.05, 0.1) is 13.2 Å². The molecule has 0 aromatic carbocycles. The molecule has 1 aliphatic rings. The van der Waals surface area contributed by atoms with Crippen LogP contribution in [0, 0.1) is 0 Å². The van der Waals surface area contributed by atoms with Crippen molar-refractivity contribution in [1.82, 2.24) is 16.0 Å². The van der Waals surface area contributed by atoms with Gasteiger partial charge in [-0.15, -0.1) is 0 Å². The number of hydrogen-bond donors (Lipinski definition) is 4. The maximum absolute atomic E-state index is 11.8. The lowest BCUT2D eigenvalue weighted by atomic mass is 9.91. The molecule has 1 amide bonds. The van der Waals surface area contributed by atoms with Crippen LogP contribution >= 0.6 is 0 Å². The molecule has 1 fully saturated rings. The fraction of sp³-hybridized carbons (Fsp3) is 0.875. The van der Waals surface area contributed by atoms with E-state index in [1.165, 1.54) is 0 Å². The van der Waals surface area contributed by atoms with E-state index in [-0.39, 0.29) is 18.7 Å². The SMILES string of the molecule is CCNC(=NCCO)NC1CCC(NC(=O)OC(C)(C)C)CC1. The van der Waals surface area contributed by atoms with Crippen molar-refractivity contribution in [2.24, 2.45) is 4.99 Å². The molecule has 4 N–H and O–H groups in total. The Morgan fingerprint density at radius 2 is 1.74 bits per heavy atom. The first-order chi connectivity index (χ1) is 10.8. The summed E-state index contributed by atoms with van der Waals surface area (Å²) in [5, 5.41) is 18.4. The summed E-state index contributed by atoms with van der Waals surface area (Å²) in [6.07, 6.45) is 3.41. The fourth-order valence-electron chi connectivity index (χ4n) is 2.53. The lowest BCUT2D eigenvalue weighted by molar-refractivity contribution is 0.0490. The normalized spacial score (nSPS) is 22.4. The minimum atomic E-state index is -0.466. The monoisotopic (exact) mass is 328 g/mol. The van der Waals surface area contributed by atoms with E-state index in [4.69, 9.17) is 9.84 Å². The molecule has 0 bridgehead atoms. The minimum Gasteiger partial charge on any atom is -0.444 e. The van der Waals surface area contributed by atoms with E-state index in [1.54, 1.807) is 0 Å². The first kappa shape index (κ1) is 19.5. The van der Waals surface area contributed by atoms with Gasteiger partial charge in [0, 0.05) is 18.6 Å². The molecule has 0 aromatic heterocycles. The topological polar surface area (TPSA) is 95.0 Å². The molecular weight excluding hydrogens is 296 g/mol. The number of nitrogens with one attached hydrogen (secondary N) is 3. The Bertz CT molecular complexity index is 385. The third-order valence-electron chi connectivity index (χ3n) is 3.50. The van der Waals surface area contributed by atoms with Gasteiger partial charge in [-0.3, -0.25) is 4.99 Å². The van der Waals surface area contributed by atoms with Gasteiger partial charge in [0.1, 0.15) is 5.60 Å². The number of aliphatic hydroxyl groups is 1. The molecule has 0 saturated heterocycles. The maximum Gasteiger partial charge on any atom is 0.407 e. The summed E-state index contributed by atoms with van der Waals surface area (Å²) in [5.41, 5.74) is -0.466. The van der Waals surface area contributed by atoms with Crippen molar-refractivity contribution in [2.45, 2.75) is 71.1 Å². The summed E-state index contributed by atoms with van der Waals surface area (Å²) >= 11 is 0. The maximum atomic E-state index is 11.8. The van der Waals surface area contributed by atoms with Crippen molar-refractivity contribution < 1.29 is 14.6 Å². The van der Waals surface area contributed by atoms with E-state index in [2.05, 4.69) is 20.9 Å². The zero-order valence-electron chi connectivity index (χ0n) is 14.8. The summed E-state index contributed by atoms with van der Waals surface area (Å²) in [7, 11) is 0. The molecule has 7 heteroatoms. The second kappa shape index (κ2) is 9.60. The zero-order chi connectivity index (χ0) is 17.3. The predicted octanol–water partition coefficient (Wildman–Crippen LogP) is 1.37. The summed E-state index contributed by atoms with van der Waals surface area (Å²) in [6, 6.07) is 0.503. The number of alkyl carbamates (subject to hydrolysis) is 1. The highest BCUT2D eigenvalue weighted by Gasteiger charge is 2.25. The van der Waals surface area contributed by atoms with Crippen LogP contribution in [-0.4, -0.2) is 54.5 Å². The second-order valence-corrected chi connectivity index (χ2v) is 6.82. The second-order valence-electron chi connectivity index (χ2n) is 6.82. The van der Waals surface area contributed by atoms with Crippen LogP contribution in [0.25, 0.3) is 0 Å². The van der Waals surface area contributed by atoms with Crippen molar-refractivity contribution >= 4 is 12.1 Å². The minimum absolute atomic E-state index is 0.0448. The Hall–Kier alpha value is -1.50. The van der Waals surface area contributed by atoms with Gasteiger partial charge in [-0.1, -0.05) is 0 Å². The highest BCUT2D eigenvalue weighted by molar-refractivity contribution is 5.80. The number of carbonyl (C=O) groups excluding carboxylic acids is 1. The van der Waals surface area contributed by atoms with Crippen molar-refractivity contribution in [2.75, 3.05) is 19.7 Å². The van der Waals surface area contributed by atoms with E-state index < -0.39 is 5.60 Å². The lowest BCUT2D eigenvalue weighted by Gasteiger charge is -2.31. The standard InChI is InChI=1S/C16H32N4O3/c1-5-17-14(18-10-11-21)19-12-6-8-13(9-7-12)20-15(22)23-16(2,3)4/h12-13,21H,5-11H2,1-4H3,(H,20,22)(H2,17,18,19). The van der Waals surface area contributed by atoms with E-state index in [1.807, 2.05) is 27.7 Å². The molecule has 1 aliphatic carbocycles. The number of aliphatic hydroxyl groups excluding tert-OH is 1. The molecule has 1 saturated carbocycles. The number of carbonyl (C=O) groups is 1. The predicted molar refractivity (Wildman–Crippen MR) is 91.6 cm³/mol. The molecule has 0 radical (unpaired) electrons. The summed E-state index contributed by atoms with van der Waals surface area (Å²) < 4.78 is 5.29. The number of ether oxygens (including phenoxy) is 1. The highest BCUT2D eigenvalue weighted by atomic mass is 16.6. The van der Waals surface area contributed by atoms with Crippen LogP contribution in [0.3, 0.4) is 0 Å². The van der Waals surface area contributed by atoms with Crippen LogP contribution < -0.4 is 16.0 Å². The number of guanidine groups is 1. The highest BCUT2D eigenvalue weighted by Crippen LogP contribution is 2.19. The number of nitrogens with zero attached hydrogens (tertiary/aromatic N) is 1. The Labute approximate surface area is 139 Å². The van der Waals surface area contributed by atoms with Gasteiger partial charge < -0.3 is 25.8 Å². The molecule has 0 aliphatic heterocycles. The van der Waals surface area contributed by atoms with E-state index in [9.17, 15) is 4.79 Å². The van der Waals surface area contributed by atoms with Crippen molar-refractivity contribution in [1.29, 1.82) is 0 Å². The molecule has 0 aromatic rings. The molecule has 134 valence electrons. The number of rotatable bonds is 5. The Balaban J connectivity index is 2.35. The average molecular weight is 328 g/mol. The fourth-order valence-corrected chi connectivity index (χ4v) is 2.53. The summed E-state index contributed by atoms with van der Waals surface area (Å²) in [4.78, 5) is 16.1. The number of hydrogen-bond acceptors (Lipinski definition) is 4. The van der Waals surface area contributed by atoms with Crippen LogP contribution in [0.4, 0.5) is 4.79 Å². The van der Waals surface area contributed by atoms with Crippen LogP contribution in [0.1, 0.15) is 53.4 Å². The molecule has 0 atom stereocenters. The van der Waals surface area contributed by atoms with Crippen LogP contribution in [0.5, 0.6) is 0 Å². The van der Waals surface area contributed by atoms with Gasteiger partial charge in [-0.05, 0) is 53.4 Å². The van der Waals surface area contributed by atoms with Gasteiger partial charge >= 0.3 is 6.09 Å². The smallest absolute Gasteiger partial charge is 0.407 e. The molecule has 23 heavy (non-hydrogen) atoms. The molecule has 7 nitrogen and oxygen atoms in total. The largest absolute Gasteiger partial charge is 0.444 e. The molecule has 1 rings (SSSR count). The first-order valence-corrected chi connectivity index (χ1v) is 8.49. The molecule has 0 heterocycles. The van der Waals surface area contributed by atoms with Gasteiger partial charge in [-0.2, -0.15) is 0 Å². The van der Waals surface area contributed by atoms with Crippen LogP contribution in [0.2, 0.25) is 0 Å². The van der Waals surface area contributed by atoms with E-state index >= 15 is 0 Å². The van der Waals surface area contributed by atoms with Gasteiger partial charge in [-0.25, -0.2) is 4.79 Å². The van der Waals surface area contributed by atoms with E-state index in [0.717, 1.165) is 38.2 Å². The number of aliphatic imine (C=N–C) groups is 1. The lowest BCUT2D eigenvalue weighted by Crippen LogP contribution is -2.48.